The number of benzene rings is 2. The summed E-state index contributed by atoms with van der Waals surface area (Å²) >= 11 is 0. The fourth-order valence-electron chi connectivity index (χ4n) is 5.43. The number of anilines is 1. The molecule has 0 radical (unpaired) electrons. The Morgan fingerprint density at radius 2 is 1.78 bits per heavy atom. The molecule has 1 aromatic heterocycles. The largest absolute Gasteiger partial charge is 0.481 e. The van der Waals surface area contributed by atoms with Crippen LogP contribution in [0.3, 0.4) is 0 Å². The van der Waals surface area contributed by atoms with Crippen LogP contribution in [0.15, 0.2) is 59.1 Å². The monoisotopic (exact) mass is 490 g/mol. The van der Waals surface area contributed by atoms with Crippen LogP contribution in [-0.2, 0) is 31.7 Å². The molecule has 1 atom stereocenters. The van der Waals surface area contributed by atoms with Crippen molar-refractivity contribution in [1.82, 2.24) is 5.16 Å². The van der Waals surface area contributed by atoms with Crippen LogP contribution >= 0.6 is 0 Å². The predicted molar refractivity (Wildman–Crippen MR) is 132 cm³/mol. The topological polar surface area (TPSA) is 111 Å². The van der Waals surface area contributed by atoms with E-state index in [1.165, 1.54) is 0 Å². The smallest absolute Gasteiger partial charge is 0.412 e. The average molecular weight is 491 g/mol. The van der Waals surface area contributed by atoms with Gasteiger partial charge in [-0.2, -0.15) is 0 Å². The summed E-state index contributed by atoms with van der Waals surface area (Å²) in [6, 6.07) is 17.3. The Bertz CT molecular complexity index is 1230. The zero-order chi connectivity index (χ0) is 25.3. The normalized spacial score (nSPS) is 23.7. The molecule has 188 valence electrons. The lowest BCUT2D eigenvalue weighted by Gasteiger charge is -2.52. The Labute approximate surface area is 209 Å². The molecule has 3 heterocycles. The molecular weight excluding hydrogens is 460 g/mol. The Kier molecular flexibility index (Phi) is 6.30. The number of rotatable bonds is 7. The maximum Gasteiger partial charge on any atom is 0.412 e. The van der Waals surface area contributed by atoms with Crippen molar-refractivity contribution in [3.8, 4) is 0 Å². The molecule has 8 nitrogen and oxygen atoms in total. The van der Waals surface area contributed by atoms with Crippen LogP contribution in [-0.4, -0.2) is 28.9 Å². The molecule has 2 aliphatic heterocycles. The summed E-state index contributed by atoms with van der Waals surface area (Å²) in [5.74, 6) is -0.211. The number of carbonyl (C=O) groups is 2. The molecule has 2 aromatic carbocycles. The number of nitrogens with one attached hydrogen (secondary N) is 1. The zero-order valence-electron chi connectivity index (χ0n) is 20.5. The van der Waals surface area contributed by atoms with E-state index in [9.17, 15) is 9.59 Å². The number of hydrogen-bond donors (Lipinski definition) is 2. The molecule has 2 N–H and O–H groups in total. The summed E-state index contributed by atoms with van der Waals surface area (Å²) < 4.78 is 17.9. The van der Waals surface area contributed by atoms with Gasteiger partial charge in [0, 0.05) is 0 Å². The summed E-state index contributed by atoms with van der Waals surface area (Å²) in [4.78, 5) is 23.7. The molecule has 2 bridgehead atoms. The van der Waals surface area contributed by atoms with Gasteiger partial charge in [-0.3, -0.25) is 10.1 Å². The maximum atomic E-state index is 12.7. The minimum absolute atomic E-state index is 0.00440. The molecule has 3 aliphatic rings. The third-order valence-corrected chi connectivity index (χ3v) is 7.60. The first kappa shape index (κ1) is 24.1. The number of aryl methyl sites for hydroxylation is 1. The van der Waals surface area contributed by atoms with Crippen LogP contribution in [0.1, 0.15) is 66.9 Å². The van der Waals surface area contributed by atoms with E-state index in [0.29, 0.717) is 23.7 Å². The third-order valence-electron chi connectivity index (χ3n) is 7.60. The SMILES string of the molecule is Cc1noc(C23CCC(c4ccc(CC(=O)O)cc4)(CC2)OC3)c1NC(=O)OC(C)c1ccccc1. The Hall–Kier alpha value is -3.65. The highest BCUT2D eigenvalue weighted by Crippen LogP contribution is 2.56. The van der Waals surface area contributed by atoms with E-state index in [2.05, 4.69) is 10.5 Å². The number of aromatic nitrogens is 1. The van der Waals surface area contributed by atoms with Gasteiger partial charge in [-0.1, -0.05) is 59.8 Å². The van der Waals surface area contributed by atoms with Crippen molar-refractivity contribution >= 4 is 17.7 Å². The van der Waals surface area contributed by atoms with Gasteiger partial charge >= 0.3 is 12.1 Å². The average Bonchev–Trinajstić information content (AvgIpc) is 3.26. The minimum atomic E-state index is -0.845. The van der Waals surface area contributed by atoms with Crippen molar-refractivity contribution in [1.29, 1.82) is 0 Å². The zero-order valence-corrected chi connectivity index (χ0v) is 20.5. The van der Waals surface area contributed by atoms with Crippen molar-refractivity contribution in [3.05, 3.63) is 82.7 Å². The maximum absolute atomic E-state index is 12.7. The summed E-state index contributed by atoms with van der Waals surface area (Å²) in [6.07, 6.45) is 2.28. The molecule has 1 saturated carbocycles. The molecule has 2 saturated heterocycles. The molecule has 1 aliphatic carbocycles. The highest BCUT2D eigenvalue weighted by atomic mass is 16.6. The highest BCUT2D eigenvalue weighted by Gasteiger charge is 2.54. The summed E-state index contributed by atoms with van der Waals surface area (Å²) in [5.41, 5.74) is 3.13. The molecular formula is C28H30N2O6. The molecule has 36 heavy (non-hydrogen) atoms. The summed E-state index contributed by atoms with van der Waals surface area (Å²) in [6.45, 7) is 4.08. The minimum Gasteiger partial charge on any atom is -0.481 e. The van der Waals surface area contributed by atoms with Crippen LogP contribution in [0, 0.1) is 6.92 Å². The lowest BCUT2D eigenvalue weighted by Crippen LogP contribution is -2.51. The van der Waals surface area contributed by atoms with E-state index < -0.39 is 23.8 Å². The van der Waals surface area contributed by atoms with Crippen LogP contribution in [0.25, 0.3) is 0 Å². The number of nitrogens with zero attached hydrogens (tertiary/aromatic N) is 1. The van der Waals surface area contributed by atoms with Crippen LogP contribution in [0.5, 0.6) is 0 Å². The van der Waals surface area contributed by atoms with Crippen molar-refractivity contribution in [3.63, 3.8) is 0 Å². The number of amides is 1. The van der Waals surface area contributed by atoms with Crippen molar-refractivity contribution in [2.45, 2.75) is 63.1 Å². The standard InChI is InChI=1S/C28H30N2O6/c1-18-24(29-26(33)35-19(2)21-6-4-3-5-7-21)25(36-30-18)27-12-14-28(15-13-27,34-17-27)22-10-8-20(9-11-22)16-23(31)32/h3-11,19H,12-17H2,1-2H3,(H,29,33)(H,31,32). The Morgan fingerprint density at radius 1 is 1.08 bits per heavy atom. The Morgan fingerprint density at radius 3 is 2.39 bits per heavy atom. The second-order valence-electron chi connectivity index (χ2n) is 9.89. The number of carboxylic acid groups (broad SMARTS) is 1. The van der Waals surface area contributed by atoms with E-state index in [1.54, 1.807) is 6.92 Å². The van der Waals surface area contributed by atoms with Gasteiger partial charge in [-0.15, -0.1) is 0 Å². The quantitative estimate of drug-likeness (QED) is 0.440. The number of ether oxygens (including phenoxy) is 2. The van der Waals surface area contributed by atoms with E-state index in [0.717, 1.165) is 42.4 Å². The molecule has 0 spiro atoms. The van der Waals surface area contributed by atoms with Crippen molar-refractivity contribution in [2.24, 2.45) is 0 Å². The first-order valence-electron chi connectivity index (χ1n) is 12.2. The second-order valence-corrected chi connectivity index (χ2v) is 9.89. The van der Waals surface area contributed by atoms with E-state index in [1.807, 2.05) is 61.5 Å². The number of fused-ring (bicyclic) bond motifs is 3. The molecule has 8 heteroatoms. The predicted octanol–water partition coefficient (Wildman–Crippen LogP) is 5.66. The summed E-state index contributed by atoms with van der Waals surface area (Å²) in [7, 11) is 0. The van der Waals surface area contributed by atoms with Gasteiger partial charge in [0.15, 0.2) is 5.76 Å². The van der Waals surface area contributed by atoms with E-state index >= 15 is 0 Å². The van der Waals surface area contributed by atoms with Gasteiger partial charge in [0.2, 0.25) is 0 Å². The first-order chi connectivity index (χ1) is 17.3. The highest BCUT2D eigenvalue weighted by molar-refractivity contribution is 5.86. The van der Waals surface area contributed by atoms with Crippen molar-refractivity contribution < 1.29 is 28.7 Å². The van der Waals surface area contributed by atoms with Crippen LogP contribution in [0.2, 0.25) is 0 Å². The van der Waals surface area contributed by atoms with Gasteiger partial charge in [0.25, 0.3) is 0 Å². The Balaban J connectivity index is 1.29. The number of carbonyl (C=O) groups excluding carboxylic acids is 1. The van der Waals surface area contributed by atoms with Gasteiger partial charge < -0.3 is 19.1 Å². The molecule has 6 rings (SSSR count). The van der Waals surface area contributed by atoms with E-state index in [4.69, 9.17) is 19.1 Å². The second kappa shape index (κ2) is 9.43. The lowest BCUT2D eigenvalue weighted by atomic mass is 9.63. The van der Waals surface area contributed by atoms with E-state index in [-0.39, 0.29) is 11.8 Å². The van der Waals surface area contributed by atoms with Gasteiger partial charge in [-0.05, 0) is 56.2 Å². The molecule has 1 unspecified atom stereocenters. The number of hydrogen-bond acceptors (Lipinski definition) is 6. The molecule has 3 aromatic rings. The number of aliphatic carboxylic acids is 1. The van der Waals surface area contributed by atoms with Crippen LogP contribution in [0.4, 0.5) is 10.5 Å². The number of carboxylic acids is 1. The first-order valence-corrected chi connectivity index (χ1v) is 12.2. The fourth-order valence-corrected chi connectivity index (χ4v) is 5.43. The van der Waals surface area contributed by atoms with Crippen molar-refractivity contribution in [2.75, 3.05) is 11.9 Å². The third kappa shape index (κ3) is 4.48. The molecule has 3 fully saturated rings. The summed E-state index contributed by atoms with van der Waals surface area (Å²) in [5, 5.41) is 16.1. The molecule has 1 amide bonds. The lowest BCUT2D eigenvalue weighted by molar-refractivity contribution is -0.167. The van der Waals surface area contributed by atoms with Gasteiger partial charge in [0.1, 0.15) is 17.5 Å². The van der Waals surface area contributed by atoms with Gasteiger partial charge in [0.05, 0.1) is 24.0 Å². The van der Waals surface area contributed by atoms with Gasteiger partial charge in [-0.25, -0.2) is 4.79 Å². The fraction of sp³-hybridized carbons (Fsp3) is 0.393. The van der Waals surface area contributed by atoms with Crippen LogP contribution < -0.4 is 5.32 Å².